The zero-order valence-electron chi connectivity index (χ0n) is 14.3. The molecule has 4 aliphatic rings. The second-order valence-corrected chi connectivity index (χ2v) is 8.54. The summed E-state index contributed by atoms with van der Waals surface area (Å²) in [5, 5.41) is 3.48. The molecule has 2 spiro atoms. The maximum atomic E-state index is 3.48. The van der Waals surface area contributed by atoms with Crippen LogP contribution in [0.2, 0.25) is 0 Å². The third-order valence-corrected chi connectivity index (χ3v) is 6.79. The highest BCUT2D eigenvalue weighted by molar-refractivity contribution is 4.91. The van der Waals surface area contributed by atoms with Crippen LogP contribution in [0, 0.1) is 10.8 Å². The van der Waals surface area contributed by atoms with Crippen molar-refractivity contribution in [3.05, 3.63) is 0 Å². The molecule has 2 saturated heterocycles. The number of nitrogens with one attached hydrogen (secondary N) is 1. The molecule has 0 bridgehead atoms. The Morgan fingerprint density at radius 3 is 1.81 bits per heavy atom. The minimum absolute atomic E-state index is 0.762. The molecule has 2 aliphatic heterocycles. The van der Waals surface area contributed by atoms with Gasteiger partial charge in [-0.15, -0.1) is 0 Å². The van der Waals surface area contributed by atoms with Gasteiger partial charge in [0.25, 0.3) is 0 Å². The van der Waals surface area contributed by atoms with Crippen molar-refractivity contribution in [3.8, 4) is 0 Å². The highest BCUT2D eigenvalue weighted by Crippen LogP contribution is 2.43. The van der Waals surface area contributed by atoms with E-state index in [4.69, 9.17) is 0 Å². The van der Waals surface area contributed by atoms with Crippen LogP contribution in [0.15, 0.2) is 0 Å². The summed E-state index contributed by atoms with van der Waals surface area (Å²) in [5.74, 6) is 0. The highest BCUT2D eigenvalue weighted by atomic mass is 15.1. The van der Waals surface area contributed by atoms with E-state index in [1.165, 1.54) is 103 Å². The minimum atomic E-state index is 0.762. The number of hydrogen-bond acceptors (Lipinski definition) is 2. The molecule has 1 N–H and O–H groups in total. The van der Waals surface area contributed by atoms with Crippen molar-refractivity contribution in [2.75, 3.05) is 33.2 Å². The third-order valence-electron chi connectivity index (χ3n) is 6.79. The summed E-state index contributed by atoms with van der Waals surface area (Å²) >= 11 is 0. The summed E-state index contributed by atoms with van der Waals surface area (Å²) in [6, 6.07) is 0. The lowest BCUT2D eigenvalue weighted by Gasteiger charge is -2.32. The van der Waals surface area contributed by atoms with Gasteiger partial charge in [-0.25, -0.2) is 0 Å². The number of likely N-dealkylation sites (tertiary alicyclic amines) is 1. The lowest BCUT2D eigenvalue weighted by molar-refractivity contribution is 0.195. The zero-order valence-corrected chi connectivity index (χ0v) is 14.3. The molecule has 0 aromatic rings. The van der Waals surface area contributed by atoms with Crippen molar-refractivity contribution in [1.82, 2.24) is 10.2 Å². The molecule has 0 amide bonds. The Bertz CT molecular complexity index is 300. The van der Waals surface area contributed by atoms with Crippen LogP contribution in [0.25, 0.3) is 0 Å². The Hall–Kier alpha value is -0.0800. The summed E-state index contributed by atoms with van der Waals surface area (Å²) in [4.78, 5) is 2.51. The van der Waals surface area contributed by atoms with Crippen LogP contribution in [-0.2, 0) is 0 Å². The number of hydrogen-bond donors (Lipinski definition) is 1. The normalized spacial score (nSPS) is 31.3. The Balaban J connectivity index is 0.000000126. The molecule has 0 aromatic carbocycles. The highest BCUT2D eigenvalue weighted by Gasteiger charge is 2.37. The summed E-state index contributed by atoms with van der Waals surface area (Å²) in [6.45, 7) is 5.32. The average Bonchev–Trinajstić information content (AvgIpc) is 3.09. The van der Waals surface area contributed by atoms with Crippen molar-refractivity contribution >= 4 is 0 Å². The molecule has 122 valence electrons. The summed E-state index contributed by atoms with van der Waals surface area (Å²) in [7, 11) is 2.27. The standard InChI is InChI=1S/C10H19N.C9H17N/c1-11-8-7-10(9-11)5-3-2-4-6-10;1-2-4-9(5-3-1)6-7-10-8-9/h2-9H2,1H3;10H,1-8H2. The second kappa shape index (κ2) is 7.00. The Labute approximate surface area is 132 Å². The first kappa shape index (κ1) is 15.8. The number of rotatable bonds is 0. The molecular weight excluding hydrogens is 256 g/mol. The summed E-state index contributed by atoms with van der Waals surface area (Å²) < 4.78 is 0. The van der Waals surface area contributed by atoms with E-state index in [2.05, 4.69) is 17.3 Å². The van der Waals surface area contributed by atoms with Gasteiger partial charge in [-0.2, -0.15) is 0 Å². The summed E-state index contributed by atoms with van der Waals surface area (Å²) in [6.07, 6.45) is 17.9. The van der Waals surface area contributed by atoms with Gasteiger partial charge in [-0.1, -0.05) is 38.5 Å². The molecule has 0 unspecified atom stereocenters. The van der Waals surface area contributed by atoms with E-state index < -0.39 is 0 Å². The predicted molar refractivity (Wildman–Crippen MR) is 90.6 cm³/mol. The van der Waals surface area contributed by atoms with E-state index in [1.54, 1.807) is 0 Å². The van der Waals surface area contributed by atoms with E-state index in [0.717, 1.165) is 10.8 Å². The first-order valence-electron chi connectivity index (χ1n) is 9.62. The maximum absolute atomic E-state index is 3.48. The van der Waals surface area contributed by atoms with Crippen molar-refractivity contribution in [2.24, 2.45) is 10.8 Å². The third kappa shape index (κ3) is 4.01. The first-order valence-corrected chi connectivity index (χ1v) is 9.62. The van der Waals surface area contributed by atoms with Crippen LogP contribution in [0.5, 0.6) is 0 Å². The molecule has 2 saturated carbocycles. The van der Waals surface area contributed by atoms with Gasteiger partial charge < -0.3 is 10.2 Å². The van der Waals surface area contributed by atoms with Crippen LogP contribution in [0.3, 0.4) is 0 Å². The van der Waals surface area contributed by atoms with E-state index in [-0.39, 0.29) is 0 Å². The van der Waals surface area contributed by atoms with Crippen molar-refractivity contribution in [1.29, 1.82) is 0 Å². The maximum Gasteiger partial charge on any atom is 0.00354 e. The Morgan fingerprint density at radius 2 is 1.33 bits per heavy atom. The van der Waals surface area contributed by atoms with Gasteiger partial charge >= 0.3 is 0 Å². The number of nitrogens with zero attached hydrogens (tertiary/aromatic N) is 1. The molecule has 2 heterocycles. The van der Waals surface area contributed by atoms with Crippen molar-refractivity contribution < 1.29 is 0 Å². The van der Waals surface area contributed by atoms with Crippen LogP contribution < -0.4 is 5.32 Å². The average molecular weight is 293 g/mol. The fourth-order valence-corrected chi connectivity index (χ4v) is 5.39. The molecule has 0 aromatic heterocycles. The molecule has 0 radical (unpaired) electrons. The van der Waals surface area contributed by atoms with E-state index in [9.17, 15) is 0 Å². The topological polar surface area (TPSA) is 15.3 Å². The molecule has 0 atom stereocenters. The minimum Gasteiger partial charge on any atom is -0.316 e. The van der Waals surface area contributed by atoms with Crippen LogP contribution >= 0.6 is 0 Å². The molecular formula is C19H36N2. The second-order valence-electron chi connectivity index (χ2n) is 8.54. The fourth-order valence-electron chi connectivity index (χ4n) is 5.39. The molecule has 2 nitrogen and oxygen atoms in total. The molecule has 21 heavy (non-hydrogen) atoms. The van der Waals surface area contributed by atoms with E-state index in [1.807, 2.05) is 0 Å². The van der Waals surface area contributed by atoms with Gasteiger partial charge in [0.05, 0.1) is 0 Å². The zero-order chi connectivity index (χ0) is 14.6. The van der Waals surface area contributed by atoms with Crippen LogP contribution in [-0.4, -0.2) is 38.1 Å². The Kier molecular flexibility index (Phi) is 5.27. The van der Waals surface area contributed by atoms with E-state index in [0.29, 0.717) is 0 Å². The Morgan fingerprint density at radius 1 is 0.714 bits per heavy atom. The van der Waals surface area contributed by atoms with E-state index >= 15 is 0 Å². The molecule has 4 fully saturated rings. The predicted octanol–water partition coefficient (Wildman–Crippen LogP) is 4.20. The van der Waals surface area contributed by atoms with Crippen LogP contribution in [0.1, 0.15) is 77.0 Å². The smallest absolute Gasteiger partial charge is 0.00354 e. The molecule has 2 aliphatic carbocycles. The van der Waals surface area contributed by atoms with Crippen LogP contribution in [0.4, 0.5) is 0 Å². The quantitative estimate of drug-likeness (QED) is 0.720. The van der Waals surface area contributed by atoms with Gasteiger partial charge in [0.2, 0.25) is 0 Å². The fraction of sp³-hybridized carbons (Fsp3) is 1.00. The largest absolute Gasteiger partial charge is 0.316 e. The lowest BCUT2D eigenvalue weighted by atomic mass is 9.74. The van der Waals surface area contributed by atoms with Gasteiger partial charge in [0, 0.05) is 13.1 Å². The SMILES string of the molecule is C1CCC2(CC1)CCNC2.CN1CCC2(CCCCC2)C1. The molecule has 2 heteroatoms. The molecule has 4 rings (SSSR count). The van der Waals surface area contributed by atoms with Gasteiger partial charge in [0.1, 0.15) is 0 Å². The van der Waals surface area contributed by atoms with Crippen molar-refractivity contribution in [3.63, 3.8) is 0 Å². The lowest BCUT2D eigenvalue weighted by Crippen LogP contribution is -2.27. The first-order chi connectivity index (χ1) is 10.2. The van der Waals surface area contributed by atoms with Gasteiger partial charge in [0.15, 0.2) is 0 Å². The van der Waals surface area contributed by atoms with Gasteiger partial charge in [-0.3, -0.25) is 0 Å². The monoisotopic (exact) mass is 292 g/mol. The summed E-state index contributed by atoms with van der Waals surface area (Å²) in [5.41, 5.74) is 1.53. The van der Waals surface area contributed by atoms with Crippen molar-refractivity contribution in [2.45, 2.75) is 77.0 Å². The van der Waals surface area contributed by atoms with Gasteiger partial charge in [-0.05, 0) is 69.5 Å².